The Morgan fingerprint density at radius 2 is 1.76 bits per heavy atom. The van der Waals surface area contributed by atoms with Crippen LogP contribution < -0.4 is 14.4 Å². The van der Waals surface area contributed by atoms with Gasteiger partial charge in [0.05, 0.1) is 25.6 Å². The fourth-order valence-electron chi connectivity index (χ4n) is 4.55. The molecule has 0 unspecified atom stereocenters. The van der Waals surface area contributed by atoms with Crippen LogP contribution in [0.1, 0.15) is 54.8 Å². The maximum atomic E-state index is 5.69. The number of aliphatic imine (C=N–C) groups is 2. The van der Waals surface area contributed by atoms with E-state index < -0.39 is 0 Å². The van der Waals surface area contributed by atoms with Gasteiger partial charge in [0.2, 0.25) is 0 Å². The summed E-state index contributed by atoms with van der Waals surface area (Å²) in [6, 6.07) is 14.4. The second kappa shape index (κ2) is 11.5. The molecule has 0 N–H and O–H groups in total. The number of unbranched alkanes of at least 4 members (excludes halogenated alkanes) is 1. The molecular weight excluding hydrogens is 462 g/mol. The second-order valence-electron chi connectivity index (χ2n) is 9.28. The Kier molecular flexibility index (Phi) is 8.11. The number of methoxy groups -OCH3 is 2. The zero-order valence-corrected chi connectivity index (χ0v) is 23.0. The number of aromatic nitrogens is 2. The van der Waals surface area contributed by atoms with Gasteiger partial charge in [-0.2, -0.15) is 5.10 Å². The predicted molar refractivity (Wildman–Crippen MR) is 153 cm³/mol. The van der Waals surface area contributed by atoms with Crippen molar-refractivity contribution >= 4 is 23.4 Å². The minimum atomic E-state index is 0.530. The maximum absolute atomic E-state index is 5.69. The van der Waals surface area contributed by atoms with Crippen molar-refractivity contribution in [2.75, 3.05) is 32.2 Å². The van der Waals surface area contributed by atoms with Crippen LogP contribution in [0.5, 0.6) is 11.5 Å². The molecule has 7 heteroatoms. The van der Waals surface area contributed by atoms with Gasteiger partial charge >= 0.3 is 0 Å². The number of allylic oxidation sites excluding steroid dienone is 1. The molecule has 0 bridgehead atoms. The van der Waals surface area contributed by atoms with E-state index in [1.807, 2.05) is 38.1 Å². The van der Waals surface area contributed by atoms with Gasteiger partial charge in [0, 0.05) is 30.0 Å². The molecule has 0 spiro atoms. The lowest BCUT2D eigenvalue weighted by Gasteiger charge is -2.23. The molecule has 0 amide bonds. The van der Waals surface area contributed by atoms with E-state index in [1.165, 1.54) is 24.1 Å². The smallest absolute Gasteiger partial charge is 0.252 e. The number of aryl methyl sites for hydroxylation is 3. The van der Waals surface area contributed by atoms with E-state index >= 15 is 0 Å². The first-order valence-electron chi connectivity index (χ1n) is 12.9. The van der Waals surface area contributed by atoms with E-state index in [0.717, 1.165) is 52.8 Å². The van der Waals surface area contributed by atoms with E-state index in [4.69, 9.17) is 19.5 Å². The van der Waals surface area contributed by atoms with Crippen molar-refractivity contribution in [1.29, 1.82) is 0 Å². The quantitative estimate of drug-likeness (QED) is 0.352. The minimum Gasteiger partial charge on any atom is -0.497 e. The van der Waals surface area contributed by atoms with Crippen molar-refractivity contribution in [3.63, 3.8) is 0 Å². The molecule has 0 atom stereocenters. The van der Waals surface area contributed by atoms with Crippen LogP contribution in [0, 0.1) is 20.8 Å². The van der Waals surface area contributed by atoms with Crippen LogP contribution in [0.15, 0.2) is 58.1 Å². The second-order valence-corrected chi connectivity index (χ2v) is 9.28. The Labute approximate surface area is 220 Å². The molecule has 37 heavy (non-hydrogen) atoms. The Balaban J connectivity index is 1.81. The largest absolute Gasteiger partial charge is 0.497 e. The Hall–Kier alpha value is -3.87. The predicted octanol–water partition coefficient (Wildman–Crippen LogP) is 6.20. The van der Waals surface area contributed by atoms with Gasteiger partial charge in [-0.05, 0) is 87.7 Å². The summed E-state index contributed by atoms with van der Waals surface area (Å²) in [5, 5.41) is 4.61. The van der Waals surface area contributed by atoms with Gasteiger partial charge < -0.3 is 14.4 Å². The summed E-state index contributed by atoms with van der Waals surface area (Å²) in [4.78, 5) is 12.3. The topological polar surface area (TPSA) is 64.2 Å². The van der Waals surface area contributed by atoms with Crippen molar-refractivity contribution < 1.29 is 9.47 Å². The van der Waals surface area contributed by atoms with Crippen molar-refractivity contribution in [2.45, 2.75) is 47.5 Å². The first-order valence-corrected chi connectivity index (χ1v) is 12.9. The molecule has 0 fully saturated rings. The van der Waals surface area contributed by atoms with Gasteiger partial charge in [-0.3, -0.25) is 0 Å². The highest BCUT2D eigenvalue weighted by Crippen LogP contribution is 2.31. The van der Waals surface area contributed by atoms with Crippen molar-refractivity contribution in [2.24, 2.45) is 9.98 Å². The highest BCUT2D eigenvalue weighted by molar-refractivity contribution is 6.24. The molecule has 3 aromatic rings. The third-order valence-corrected chi connectivity index (χ3v) is 6.61. The van der Waals surface area contributed by atoms with Gasteiger partial charge in [0.25, 0.3) is 5.96 Å². The summed E-state index contributed by atoms with van der Waals surface area (Å²) >= 11 is 0. The molecule has 0 saturated carbocycles. The SMILES string of the molecule is CCCCN(CC)c1ccc(C=C2N=C(n3nc(C)cc3C)N=C2c2cc(OC)ccc2OC)c(C)c1. The van der Waals surface area contributed by atoms with Crippen molar-refractivity contribution in [3.05, 3.63) is 76.2 Å². The summed E-state index contributed by atoms with van der Waals surface area (Å²) in [7, 11) is 3.31. The summed E-state index contributed by atoms with van der Waals surface area (Å²) < 4.78 is 13.0. The van der Waals surface area contributed by atoms with E-state index in [2.05, 4.69) is 55.0 Å². The molecule has 0 radical (unpaired) electrons. The maximum Gasteiger partial charge on any atom is 0.252 e. The number of benzene rings is 2. The molecular formula is C30H37N5O2. The third-order valence-electron chi connectivity index (χ3n) is 6.61. The van der Waals surface area contributed by atoms with Gasteiger partial charge in [-0.15, -0.1) is 0 Å². The number of hydrogen-bond donors (Lipinski definition) is 0. The Bertz CT molecular complexity index is 1370. The normalized spacial score (nSPS) is 14.1. The summed E-state index contributed by atoms with van der Waals surface area (Å²) in [5.41, 5.74) is 7.72. The van der Waals surface area contributed by atoms with Crippen LogP contribution in [-0.2, 0) is 0 Å². The number of hydrogen-bond acceptors (Lipinski definition) is 6. The lowest BCUT2D eigenvalue weighted by atomic mass is 10.0. The standard InChI is InChI=1S/C30H37N5O2/c1-8-10-15-34(9-2)24-12-11-23(20(3)16-24)18-27-29(26-19-25(36-6)13-14-28(26)37-7)32-30(31-27)35-22(5)17-21(4)33-35/h11-14,16-19H,8-10,15H2,1-7H3. The molecule has 2 aromatic carbocycles. The molecule has 4 rings (SSSR count). The number of rotatable bonds is 9. The van der Waals surface area contributed by atoms with Crippen molar-refractivity contribution in [3.8, 4) is 11.5 Å². The van der Waals surface area contributed by atoms with Gasteiger partial charge in [-0.25, -0.2) is 14.7 Å². The minimum absolute atomic E-state index is 0.530. The Morgan fingerprint density at radius 3 is 2.38 bits per heavy atom. The molecule has 1 aliphatic rings. The number of ether oxygens (including phenoxy) is 2. The lowest BCUT2D eigenvalue weighted by Crippen LogP contribution is -2.23. The van der Waals surface area contributed by atoms with Crippen LogP contribution in [0.25, 0.3) is 6.08 Å². The van der Waals surface area contributed by atoms with Gasteiger partial charge in [0.1, 0.15) is 17.2 Å². The average Bonchev–Trinajstić information content (AvgIpc) is 3.47. The molecule has 2 heterocycles. The fourth-order valence-corrected chi connectivity index (χ4v) is 4.55. The highest BCUT2D eigenvalue weighted by Gasteiger charge is 2.24. The fraction of sp³-hybridized carbons (Fsp3) is 0.367. The summed E-state index contributed by atoms with van der Waals surface area (Å²) in [5.74, 6) is 1.96. The molecule has 0 saturated heterocycles. The zero-order chi connectivity index (χ0) is 26.5. The first kappa shape index (κ1) is 26.2. The van der Waals surface area contributed by atoms with Crippen LogP contribution >= 0.6 is 0 Å². The van der Waals surface area contributed by atoms with E-state index in [1.54, 1.807) is 18.9 Å². The molecule has 7 nitrogen and oxygen atoms in total. The first-order chi connectivity index (χ1) is 17.9. The summed E-state index contributed by atoms with van der Waals surface area (Å²) in [6.45, 7) is 12.6. The monoisotopic (exact) mass is 499 g/mol. The average molecular weight is 500 g/mol. The molecule has 1 aromatic heterocycles. The lowest BCUT2D eigenvalue weighted by molar-refractivity contribution is 0.402. The zero-order valence-electron chi connectivity index (χ0n) is 23.0. The number of nitrogens with zero attached hydrogens (tertiary/aromatic N) is 5. The Morgan fingerprint density at radius 1 is 0.946 bits per heavy atom. The van der Waals surface area contributed by atoms with Gasteiger partial charge in [-0.1, -0.05) is 19.4 Å². The van der Waals surface area contributed by atoms with Crippen LogP contribution in [0.2, 0.25) is 0 Å². The van der Waals surface area contributed by atoms with Crippen LogP contribution in [0.3, 0.4) is 0 Å². The van der Waals surface area contributed by atoms with Gasteiger partial charge in [0.15, 0.2) is 0 Å². The number of anilines is 1. The molecule has 0 aliphatic carbocycles. The highest BCUT2D eigenvalue weighted by atomic mass is 16.5. The molecule has 194 valence electrons. The summed E-state index contributed by atoms with van der Waals surface area (Å²) in [6.07, 6.45) is 4.47. The van der Waals surface area contributed by atoms with Crippen LogP contribution in [0.4, 0.5) is 5.69 Å². The van der Waals surface area contributed by atoms with E-state index in [0.29, 0.717) is 11.7 Å². The molecule has 1 aliphatic heterocycles. The van der Waals surface area contributed by atoms with E-state index in [9.17, 15) is 0 Å². The van der Waals surface area contributed by atoms with E-state index in [-0.39, 0.29) is 0 Å². The van der Waals surface area contributed by atoms with Crippen LogP contribution in [-0.4, -0.2) is 48.8 Å². The van der Waals surface area contributed by atoms with Crippen molar-refractivity contribution in [1.82, 2.24) is 9.78 Å². The third kappa shape index (κ3) is 5.61.